The molecule has 1 aliphatic heterocycles. The van der Waals surface area contributed by atoms with Gasteiger partial charge < -0.3 is 14.6 Å². The molecule has 4 nitrogen and oxygen atoms in total. The third-order valence-electron chi connectivity index (χ3n) is 3.44. The van der Waals surface area contributed by atoms with Crippen molar-refractivity contribution in [2.24, 2.45) is 0 Å². The van der Waals surface area contributed by atoms with Crippen LogP contribution in [0.3, 0.4) is 0 Å². The van der Waals surface area contributed by atoms with Crippen LogP contribution in [-0.4, -0.2) is 28.4 Å². The van der Waals surface area contributed by atoms with Crippen LogP contribution < -0.4 is 4.74 Å². The molecule has 5 heteroatoms. The molecule has 1 saturated heterocycles. The second-order valence-corrected chi connectivity index (χ2v) is 6.63. The van der Waals surface area contributed by atoms with Gasteiger partial charge in [-0.2, -0.15) is 0 Å². The number of rotatable bonds is 3. The van der Waals surface area contributed by atoms with E-state index in [1.807, 2.05) is 27.7 Å². The fraction of sp³-hybridized carbons (Fsp3) is 0.533. The average molecular weight is 299 g/mol. The van der Waals surface area contributed by atoms with Crippen molar-refractivity contribution in [3.05, 3.63) is 28.8 Å². The second-order valence-electron chi connectivity index (χ2n) is 6.23. The molecular formula is C15H19ClO4. The van der Waals surface area contributed by atoms with Crippen LogP contribution in [-0.2, 0) is 4.74 Å². The first kappa shape index (κ1) is 15.1. The van der Waals surface area contributed by atoms with Gasteiger partial charge in [-0.15, -0.1) is 0 Å². The highest BCUT2D eigenvalue weighted by Crippen LogP contribution is 2.40. The number of carboxylic acids is 1. The molecule has 0 amide bonds. The van der Waals surface area contributed by atoms with Crippen molar-refractivity contribution in [2.75, 3.05) is 0 Å². The van der Waals surface area contributed by atoms with Crippen LogP contribution in [0.2, 0.25) is 5.02 Å². The van der Waals surface area contributed by atoms with Gasteiger partial charge in [-0.25, -0.2) is 4.79 Å². The third-order valence-corrected chi connectivity index (χ3v) is 3.74. The van der Waals surface area contributed by atoms with Gasteiger partial charge in [-0.3, -0.25) is 0 Å². The lowest BCUT2D eigenvalue weighted by atomic mass is 9.97. The predicted octanol–water partition coefficient (Wildman–Crippen LogP) is 3.76. The average Bonchev–Trinajstić information content (AvgIpc) is 2.49. The Hall–Kier alpha value is -1.26. The molecule has 0 spiro atoms. The van der Waals surface area contributed by atoms with E-state index in [0.29, 0.717) is 10.8 Å². The third kappa shape index (κ3) is 3.07. The van der Waals surface area contributed by atoms with Crippen LogP contribution in [0.15, 0.2) is 18.2 Å². The summed E-state index contributed by atoms with van der Waals surface area (Å²) in [5, 5.41) is 9.21. The van der Waals surface area contributed by atoms with Crippen LogP contribution in [0.4, 0.5) is 0 Å². The Balaban J connectivity index is 2.21. The number of hydrogen-bond acceptors (Lipinski definition) is 3. The van der Waals surface area contributed by atoms with Crippen molar-refractivity contribution >= 4 is 17.6 Å². The summed E-state index contributed by atoms with van der Waals surface area (Å²) in [7, 11) is 0. The molecule has 0 aliphatic carbocycles. The van der Waals surface area contributed by atoms with Crippen molar-refractivity contribution in [1.29, 1.82) is 0 Å². The van der Waals surface area contributed by atoms with Crippen LogP contribution in [0.25, 0.3) is 0 Å². The Labute approximate surface area is 123 Å². The summed E-state index contributed by atoms with van der Waals surface area (Å²) in [5.41, 5.74) is -0.524. The van der Waals surface area contributed by atoms with Crippen molar-refractivity contribution in [1.82, 2.24) is 0 Å². The summed E-state index contributed by atoms with van der Waals surface area (Å²) in [6, 6.07) is 4.47. The van der Waals surface area contributed by atoms with Crippen LogP contribution in [0.5, 0.6) is 5.75 Å². The lowest BCUT2D eigenvalue weighted by molar-refractivity contribution is -0.0845. The normalized spacial score (nSPS) is 23.6. The van der Waals surface area contributed by atoms with Crippen LogP contribution in [0.1, 0.15) is 44.5 Å². The molecule has 1 atom stereocenters. The minimum Gasteiger partial charge on any atom is -0.486 e. The Bertz CT molecular complexity index is 537. The van der Waals surface area contributed by atoms with Crippen molar-refractivity contribution in [3.8, 4) is 5.75 Å². The molecule has 20 heavy (non-hydrogen) atoms. The SMILES string of the molecule is CC1(C)CC(Oc2ccc(C(=O)O)cc2Cl)C(C)(C)O1. The summed E-state index contributed by atoms with van der Waals surface area (Å²) in [5.74, 6) is -0.528. The molecule has 0 bridgehead atoms. The highest BCUT2D eigenvalue weighted by Gasteiger charge is 2.47. The maximum atomic E-state index is 10.9. The predicted molar refractivity (Wildman–Crippen MR) is 76.7 cm³/mol. The molecule has 1 N–H and O–H groups in total. The van der Waals surface area contributed by atoms with Crippen LogP contribution >= 0.6 is 11.6 Å². The smallest absolute Gasteiger partial charge is 0.335 e. The molecule has 1 unspecified atom stereocenters. The second kappa shape index (κ2) is 4.93. The minimum absolute atomic E-state index is 0.134. The van der Waals surface area contributed by atoms with Crippen molar-refractivity contribution < 1.29 is 19.4 Å². The van der Waals surface area contributed by atoms with Gasteiger partial charge in [0.25, 0.3) is 0 Å². The van der Waals surface area contributed by atoms with E-state index in [9.17, 15) is 4.79 Å². The number of aromatic carboxylic acids is 1. The number of benzene rings is 1. The molecule has 2 rings (SSSR count). The molecule has 110 valence electrons. The molecule has 0 saturated carbocycles. The molecule has 1 aromatic carbocycles. The van der Waals surface area contributed by atoms with E-state index < -0.39 is 11.6 Å². The summed E-state index contributed by atoms with van der Waals surface area (Å²) in [6.45, 7) is 8.00. The fourth-order valence-electron chi connectivity index (χ4n) is 2.58. The molecule has 1 aromatic rings. The largest absolute Gasteiger partial charge is 0.486 e. The zero-order valence-electron chi connectivity index (χ0n) is 12.1. The van der Waals surface area contributed by atoms with Gasteiger partial charge >= 0.3 is 5.97 Å². The van der Waals surface area contributed by atoms with E-state index in [0.717, 1.165) is 6.42 Å². The van der Waals surface area contributed by atoms with Gasteiger partial charge in [-0.1, -0.05) is 11.6 Å². The monoisotopic (exact) mass is 298 g/mol. The Morgan fingerprint density at radius 3 is 2.50 bits per heavy atom. The maximum absolute atomic E-state index is 10.9. The van der Waals surface area contributed by atoms with E-state index in [1.54, 1.807) is 6.07 Å². The lowest BCUT2D eigenvalue weighted by Crippen LogP contribution is -2.36. The van der Waals surface area contributed by atoms with Gasteiger partial charge in [0.15, 0.2) is 0 Å². The fourth-order valence-corrected chi connectivity index (χ4v) is 2.80. The van der Waals surface area contributed by atoms with Gasteiger partial charge in [0.1, 0.15) is 17.5 Å². The molecular weight excluding hydrogens is 280 g/mol. The number of ether oxygens (including phenoxy) is 2. The minimum atomic E-state index is -1.01. The number of carbonyl (C=O) groups is 1. The number of hydrogen-bond donors (Lipinski definition) is 1. The topological polar surface area (TPSA) is 55.8 Å². The van der Waals surface area contributed by atoms with Crippen molar-refractivity contribution in [2.45, 2.75) is 51.4 Å². The molecule has 1 aliphatic rings. The molecule has 1 fully saturated rings. The Kier molecular flexibility index (Phi) is 3.73. The van der Waals surface area contributed by atoms with Crippen molar-refractivity contribution in [3.63, 3.8) is 0 Å². The first-order valence-corrected chi connectivity index (χ1v) is 6.88. The van der Waals surface area contributed by atoms with E-state index in [4.69, 9.17) is 26.2 Å². The van der Waals surface area contributed by atoms with E-state index in [2.05, 4.69) is 0 Å². The summed E-state index contributed by atoms with van der Waals surface area (Å²) in [4.78, 5) is 10.9. The van der Waals surface area contributed by atoms with Crippen LogP contribution in [0, 0.1) is 0 Å². The summed E-state index contributed by atoms with van der Waals surface area (Å²) in [6.07, 6.45) is 0.613. The zero-order valence-corrected chi connectivity index (χ0v) is 12.8. The highest BCUT2D eigenvalue weighted by molar-refractivity contribution is 6.32. The number of carboxylic acid groups (broad SMARTS) is 1. The van der Waals surface area contributed by atoms with Gasteiger partial charge in [0.2, 0.25) is 0 Å². The summed E-state index contributed by atoms with van der Waals surface area (Å²) < 4.78 is 11.9. The quantitative estimate of drug-likeness (QED) is 0.923. The lowest BCUT2D eigenvalue weighted by Gasteiger charge is -2.27. The Morgan fingerprint density at radius 1 is 1.40 bits per heavy atom. The number of halogens is 1. The van der Waals surface area contributed by atoms with E-state index in [1.165, 1.54) is 12.1 Å². The Morgan fingerprint density at radius 2 is 2.05 bits per heavy atom. The van der Waals surface area contributed by atoms with Gasteiger partial charge in [0, 0.05) is 6.42 Å². The molecule has 0 radical (unpaired) electrons. The highest BCUT2D eigenvalue weighted by atomic mass is 35.5. The van der Waals surface area contributed by atoms with Gasteiger partial charge in [0.05, 0.1) is 16.2 Å². The maximum Gasteiger partial charge on any atom is 0.335 e. The van der Waals surface area contributed by atoms with E-state index >= 15 is 0 Å². The van der Waals surface area contributed by atoms with Gasteiger partial charge in [-0.05, 0) is 45.9 Å². The summed E-state index contributed by atoms with van der Waals surface area (Å²) >= 11 is 6.09. The first-order chi connectivity index (χ1) is 9.11. The zero-order chi connectivity index (χ0) is 15.1. The first-order valence-electron chi connectivity index (χ1n) is 6.50. The standard InChI is InChI=1S/C15H19ClO4/c1-14(2)8-12(15(3,4)20-14)19-11-6-5-9(13(17)18)7-10(11)16/h5-7,12H,8H2,1-4H3,(H,17,18). The molecule has 0 aromatic heterocycles. The van der Waals surface area contributed by atoms with E-state index in [-0.39, 0.29) is 17.3 Å². The molecule has 1 heterocycles.